The van der Waals surface area contributed by atoms with E-state index < -0.39 is 5.97 Å². The average Bonchev–Trinajstić information content (AvgIpc) is 3.16. The molecule has 0 aromatic heterocycles. The molecule has 1 heterocycles. The number of rotatable bonds is 6. The molecule has 1 aliphatic heterocycles. The summed E-state index contributed by atoms with van der Waals surface area (Å²) in [6.07, 6.45) is 1.68. The van der Waals surface area contributed by atoms with Gasteiger partial charge < -0.3 is 23.7 Å². The van der Waals surface area contributed by atoms with Crippen molar-refractivity contribution in [2.24, 2.45) is 0 Å². The van der Waals surface area contributed by atoms with Gasteiger partial charge in [-0.3, -0.25) is 4.79 Å². The van der Waals surface area contributed by atoms with Gasteiger partial charge in [-0.2, -0.15) is 0 Å². The van der Waals surface area contributed by atoms with Crippen molar-refractivity contribution in [1.29, 1.82) is 0 Å². The fourth-order valence-corrected chi connectivity index (χ4v) is 3.81. The zero-order valence-electron chi connectivity index (χ0n) is 18.9. The second kappa shape index (κ2) is 9.61. The molecule has 3 aromatic rings. The van der Waals surface area contributed by atoms with Crippen LogP contribution in [0.2, 0.25) is 0 Å². The third-order valence-corrected chi connectivity index (χ3v) is 5.84. The Kier molecular flexibility index (Phi) is 6.61. The normalized spacial score (nSPS) is 13.3. The van der Waals surface area contributed by atoms with E-state index in [2.05, 4.69) is 15.9 Å². The van der Waals surface area contributed by atoms with Gasteiger partial charge in [-0.15, -0.1) is 0 Å². The molecule has 0 radical (unpaired) electrons. The number of carbonyl (C=O) groups excluding carboxylic acids is 2. The molecule has 0 saturated carbocycles. The highest BCUT2D eigenvalue weighted by Gasteiger charge is 2.31. The maximum absolute atomic E-state index is 12.9. The molecule has 0 N–H and O–H groups in total. The van der Waals surface area contributed by atoms with Crippen LogP contribution in [0.3, 0.4) is 0 Å². The first-order chi connectivity index (χ1) is 16.4. The van der Waals surface area contributed by atoms with Crippen molar-refractivity contribution in [2.75, 3.05) is 21.3 Å². The van der Waals surface area contributed by atoms with Crippen molar-refractivity contribution in [3.8, 4) is 28.7 Å². The molecule has 0 unspecified atom stereocenters. The van der Waals surface area contributed by atoms with Crippen molar-refractivity contribution in [3.05, 3.63) is 81.0 Å². The number of esters is 1. The lowest BCUT2D eigenvalue weighted by molar-refractivity contribution is 0.0732. The number of benzene rings is 3. The third kappa shape index (κ3) is 4.36. The largest absolute Gasteiger partial charge is 0.493 e. The Morgan fingerprint density at radius 1 is 0.912 bits per heavy atom. The summed E-state index contributed by atoms with van der Waals surface area (Å²) in [7, 11) is 4.41. The summed E-state index contributed by atoms with van der Waals surface area (Å²) in [5.41, 5.74) is 1.98. The van der Waals surface area contributed by atoms with Crippen molar-refractivity contribution < 1.29 is 33.3 Å². The van der Waals surface area contributed by atoms with Crippen molar-refractivity contribution >= 4 is 33.8 Å². The molecule has 0 amide bonds. The van der Waals surface area contributed by atoms with Gasteiger partial charge in [-0.25, -0.2) is 4.79 Å². The summed E-state index contributed by atoms with van der Waals surface area (Å²) in [5, 5.41) is 0. The number of fused-ring (bicyclic) bond motifs is 1. The third-order valence-electron chi connectivity index (χ3n) is 5.31. The maximum Gasteiger partial charge on any atom is 0.343 e. The zero-order valence-corrected chi connectivity index (χ0v) is 20.5. The van der Waals surface area contributed by atoms with Crippen molar-refractivity contribution in [1.82, 2.24) is 0 Å². The van der Waals surface area contributed by atoms with Crippen LogP contribution >= 0.6 is 15.9 Å². The average molecular weight is 525 g/mol. The van der Waals surface area contributed by atoms with E-state index in [0.717, 1.165) is 10.0 Å². The Morgan fingerprint density at radius 3 is 2.15 bits per heavy atom. The molecule has 4 rings (SSSR count). The molecule has 0 saturated heterocycles. The van der Waals surface area contributed by atoms with Crippen LogP contribution in [0, 0.1) is 6.92 Å². The number of hydrogen-bond acceptors (Lipinski definition) is 7. The van der Waals surface area contributed by atoms with Gasteiger partial charge in [-0.05, 0) is 55.0 Å². The van der Waals surface area contributed by atoms with Crippen LogP contribution in [-0.4, -0.2) is 33.1 Å². The van der Waals surface area contributed by atoms with Gasteiger partial charge in [-0.1, -0.05) is 28.1 Å². The zero-order chi connectivity index (χ0) is 24.4. The number of carbonyl (C=O) groups is 2. The van der Waals surface area contributed by atoms with Crippen LogP contribution in [0.1, 0.15) is 31.8 Å². The molecule has 1 aliphatic rings. The first-order valence-electron chi connectivity index (χ1n) is 10.2. The molecule has 0 bridgehead atoms. The predicted octanol–water partition coefficient (Wildman–Crippen LogP) is 5.62. The van der Waals surface area contributed by atoms with E-state index in [1.807, 2.05) is 24.3 Å². The second-order valence-corrected chi connectivity index (χ2v) is 8.28. The van der Waals surface area contributed by atoms with E-state index >= 15 is 0 Å². The summed E-state index contributed by atoms with van der Waals surface area (Å²) < 4.78 is 28.3. The number of allylic oxidation sites excluding steroid dienone is 1. The molecule has 8 heteroatoms. The first-order valence-corrected chi connectivity index (χ1v) is 11.0. The van der Waals surface area contributed by atoms with Crippen LogP contribution < -0.4 is 23.7 Å². The minimum atomic E-state index is -0.628. The SMILES string of the molecule is COc1cc(C(=O)Oc2ccc3c(c2C)O/C(=C\c2ccc(Br)cc2)C3=O)cc(OC)c1OC. The quantitative estimate of drug-likeness (QED) is 0.235. The van der Waals surface area contributed by atoms with Crippen LogP contribution in [0.15, 0.2) is 58.8 Å². The summed E-state index contributed by atoms with van der Waals surface area (Å²) in [4.78, 5) is 25.7. The van der Waals surface area contributed by atoms with E-state index in [1.54, 1.807) is 25.1 Å². The fraction of sp³-hybridized carbons (Fsp3) is 0.154. The first kappa shape index (κ1) is 23.4. The lowest BCUT2D eigenvalue weighted by Gasteiger charge is -2.14. The Labute approximate surface area is 205 Å². The minimum absolute atomic E-state index is 0.202. The highest BCUT2D eigenvalue weighted by molar-refractivity contribution is 9.10. The summed E-state index contributed by atoms with van der Waals surface area (Å²) in [5.74, 6) is 1.01. The van der Waals surface area contributed by atoms with Crippen molar-refractivity contribution in [2.45, 2.75) is 6.92 Å². The second-order valence-electron chi connectivity index (χ2n) is 7.36. The highest BCUT2D eigenvalue weighted by Crippen LogP contribution is 2.41. The van der Waals surface area contributed by atoms with Gasteiger partial charge in [0.15, 0.2) is 17.3 Å². The number of halogens is 1. The lowest BCUT2D eigenvalue weighted by Crippen LogP contribution is -2.10. The lowest BCUT2D eigenvalue weighted by atomic mass is 10.1. The van der Waals surface area contributed by atoms with Crippen LogP contribution in [0.5, 0.6) is 28.7 Å². The van der Waals surface area contributed by atoms with Gasteiger partial charge in [0.25, 0.3) is 0 Å². The predicted molar refractivity (Wildman–Crippen MR) is 129 cm³/mol. The summed E-state index contributed by atoms with van der Waals surface area (Å²) >= 11 is 3.39. The number of Topliss-reactive ketones (excluding diaryl/α,β-unsaturated/α-hetero) is 1. The molecular weight excluding hydrogens is 504 g/mol. The number of ether oxygens (including phenoxy) is 5. The molecule has 0 aliphatic carbocycles. The topological polar surface area (TPSA) is 80.3 Å². The fourth-order valence-electron chi connectivity index (χ4n) is 3.55. The molecular formula is C26H21BrO7. The number of ketones is 1. The molecule has 0 fully saturated rings. The van der Waals surface area contributed by atoms with Crippen molar-refractivity contribution in [3.63, 3.8) is 0 Å². The van der Waals surface area contributed by atoms with Crippen LogP contribution in [0.25, 0.3) is 6.08 Å². The Morgan fingerprint density at radius 2 is 1.56 bits per heavy atom. The van der Waals surface area contributed by atoms with E-state index in [0.29, 0.717) is 34.1 Å². The summed E-state index contributed by atoms with van der Waals surface area (Å²) in [6.45, 7) is 1.73. The standard InChI is InChI=1S/C26H21BrO7/c1-14-19(34-26(29)16-12-21(30-2)25(32-4)22(13-16)31-3)10-9-18-23(28)20(33-24(14)18)11-15-5-7-17(27)8-6-15/h5-13H,1-4H3/b20-11-. The van der Waals surface area contributed by atoms with Gasteiger partial charge in [0.05, 0.1) is 32.5 Å². The van der Waals surface area contributed by atoms with E-state index in [4.69, 9.17) is 23.7 Å². The summed E-state index contributed by atoms with van der Waals surface area (Å²) in [6, 6.07) is 13.7. The van der Waals surface area contributed by atoms with E-state index in [1.165, 1.54) is 33.5 Å². The Balaban J connectivity index is 1.61. The van der Waals surface area contributed by atoms with Gasteiger partial charge in [0.1, 0.15) is 11.5 Å². The van der Waals surface area contributed by atoms with Gasteiger partial charge >= 0.3 is 5.97 Å². The Bertz CT molecular complexity index is 1280. The van der Waals surface area contributed by atoms with Crippen LogP contribution in [0.4, 0.5) is 0 Å². The highest BCUT2D eigenvalue weighted by atomic mass is 79.9. The maximum atomic E-state index is 12.9. The van der Waals surface area contributed by atoms with Crippen LogP contribution in [-0.2, 0) is 0 Å². The molecule has 0 spiro atoms. The molecule has 3 aromatic carbocycles. The molecule has 0 atom stereocenters. The smallest absolute Gasteiger partial charge is 0.343 e. The number of hydrogen-bond donors (Lipinski definition) is 0. The number of methoxy groups -OCH3 is 3. The molecule has 174 valence electrons. The van der Waals surface area contributed by atoms with E-state index in [-0.39, 0.29) is 22.9 Å². The Hall–Kier alpha value is -3.78. The molecule has 7 nitrogen and oxygen atoms in total. The minimum Gasteiger partial charge on any atom is -0.493 e. The van der Waals surface area contributed by atoms with Gasteiger partial charge in [0.2, 0.25) is 11.5 Å². The van der Waals surface area contributed by atoms with Gasteiger partial charge in [0, 0.05) is 10.0 Å². The van der Waals surface area contributed by atoms with E-state index in [9.17, 15) is 9.59 Å². The molecule has 34 heavy (non-hydrogen) atoms. The monoisotopic (exact) mass is 524 g/mol.